The average Bonchev–Trinajstić information content (AvgIpc) is 2.29. The molecule has 0 saturated carbocycles. The minimum absolute atomic E-state index is 0.197. The van der Waals surface area contributed by atoms with Crippen molar-refractivity contribution >= 4 is 0 Å². The summed E-state index contributed by atoms with van der Waals surface area (Å²) in [7, 11) is 1.66. The number of methoxy groups -OCH3 is 1. The minimum atomic E-state index is -0.323. The van der Waals surface area contributed by atoms with E-state index >= 15 is 0 Å². The maximum absolute atomic E-state index is 13.4. The molecule has 0 aliphatic carbocycles. The summed E-state index contributed by atoms with van der Waals surface area (Å²) in [4.78, 5) is 0. The lowest BCUT2D eigenvalue weighted by molar-refractivity contribution is 0.00544. The quantitative estimate of drug-likeness (QED) is 0.832. The molecule has 0 unspecified atom stereocenters. The molecule has 0 aliphatic heterocycles. The second kappa shape index (κ2) is 5.98. The average molecular weight is 241 g/mol. The summed E-state index contributed by atoms with van der Waals surface area (Å²) in [6, 6.07) is 4.74. The Labute approximate surface area is 102 Å². The van der Waals surface area contributed by atoms with Gasteiger partial charge in [-0.3, -0.25) is 0 Å². The monoisotopic (exact) mass is 241 g/mol. The normalized spacial score (nSPS) is 11.6. The van der Waals surface area contributed by atoms with Gasteiger partial charge in [-0.25, -0.2) is 4.39 Å². The first-order valence-corrected chi connectivity index (χ1v) is 5.65. The zero-order valence-corrected chi connectivity index (χ0v) is 10.6. The Morgan fingerprint density at radius 3 is 2.59 bits per heavy atom. The Bertz CT molecular complexity index is 366. The molecular weight excluding hydrogens is 221 g/mol. The van der Waals surface area contributed by atoms with Gasteiger partial charge in [0.2, 0.25) is 0 Å². The molecule has 1 aromatic carbocycles. The van der Waals surface area contributed by atoms with Gasteiger partial charge < -0.3 is 15.2 Å². The third-order valence-corrected chi connectivity index (χ3v) is 2.77. The third-order valence-electron chi connectivity index (χ3n) is 2.77. The fourth-order valence-electron chi connectivity index (χ4n) is 1.30. The highest BCUT2D eigenvalue weighted by atomic mass is 19.1. The van der Waals surface area contributed by atoms with Crippen molar-refractivity contribution in [1.82, 2.24) is 0 Å². The molecule has 0 fully saturated rings. The van der Waals surface area contributed by atoms with E-state index in [9.17, 15) is 4.39 Å². The smallest absolute Gasteiger partial charge is 0.131 e. The van der Waals surface area contributed by atoms with Crippen LogP contribution in [0.3, 0.4) is 0 Å². The van der Waals surface area contributed by atoms with E-state index in [1.807, 2.05) is 13.8 Å². The van der Waals surface area contributed by atoms with Gasteiger partial charge in [0.05, 0.1) is 12.2 Å². The van der Waals surface area contributed by atoms with Crippen LogP contribution < -0.4 is 10.5 Å². The maximum atomic E-state index is 13.4. The molecule has 0 radical (unpaired) electrons. The van der Waals surface area contributed by atoms with Gasteiger partial charge in [0.1, 0.15) is 11.6 Å². The highest BCUT2D eigenvalue weighted by Gasteiger charge is 2.16. The Morgan fingerprint density at radius 1 is 1.35 bits per heavy atom. The largest absolute Gasteiger partial charge is 0.493 e. The van der Waals surface area contributed by atoms with E-state index in [0.717, 1.165) is 6.42 Å². The van der Waals surface area contributed by atoms with Crippen molar-refractivity contribution in [3.05, 3.63) is 29.6 Å². The predicted octanol–water partition coefficient (Wildman–Crippen LogP) is 2.48. The number of hydrogen-bond donors (Lipinski definition) is 1. The van der Waals surface area contributed by atoms with Crippen LogP contribution in [0, 0.1) is 5.82 Å². The Balaban J connectivity index is 2.50. The van der Waals surface area contributed by atoms with Crippen molar-refractivity contribution in [3.8, 4) is 5.75 Å². The lowest BCUT2D eigenvalue weighted by atomic mass is 10.1. The summed E-state index contributed by atoms with van der Waals surface area (Å²) in [5.41, 5.74) is 5.65. The molecule has 3 nitrogen and oxygen atoms in total. The standard InChI is InChI=1S/C13H20FNO2/c1-13(2,16-3)6-7-17-11-5-4-10(9-15)12(14)8-11/h4-5,8H,6-7,9,15H2,1-3H3. The molecule has 2 N–H and O–H groups in total. The van der Waals surface area contributed by atoms with E-state index in [1.54, 1.807) is 19.2 Å². The Morgan fingerprint density at radius 2 is 2.06 bits per heavy atom. The summed E-state index contributed by atoms with van der Waals surface area (Å²) < 4.78 is 24.1. The van der Waals surface area contributed by atoms with Crippen LogP contribution in [0.2, 0.25) is 0 Å². The van der Waals surface area contributed by atoms with E-state index in [-0.39, 0.29) is 18.0 Å². The topological polar surface area (TPSA) is 44.5 Å². The molecule has 1 rings (SSSR count). The fraction of sp³-hybridized carbons (Fsp3) is 0.538. The Kier molecular flexibility index (Phi) is 4.90. The van der Waals surface area contributed by atoms with Gasteiger partial charge in [-0.15, -0.1) is 0 Å². The molecule has 4 heteroatoms. The van der Waals surface area contributed by atoms with E-state index in [4.69, 9.17) is 15.2 Å². The van der Waals surface area contributed by atoms with Crippen LogP contribution in [0.1, 0.15) is 25.8 Å². The lowest BCUT2D eigenvalue weighted by Gasteiger charge is -2.22. The lowest BCUT2D eigenvalue weighted by Crippen LogP contribution is -2.25. The van der Waals surface area contributed by atoms with Crippen molar-refractivity contribution in [2.24, 2.45) is 5.73 Å². The van der Waals surface area contributed by atoms with Gasteiger partial charge in [0, 0.05) is 31.7 Å². The first-order valence-electron chi connectivity index (χ1n) is 5.65. The van der Waals surface area contributed by atoms with E-state index in [1.165, 1.54) is 6.07 Å². The highest BCUT2D eigenvalue weighted by molar-refractivity contribution is 5.28. The van der Waals surface area contributed by atoms with Crippen molar-refractivity contribution in [2.75, 3.05) is 13.7 Å². The summed E-state index contributed by atoms with van der Waals surface area (Å²) in [6.07, 6.45) is 0.740. The number of halogens is 1. The van der Waals surface area contributed by atoms with Gasteiger partial charge in [-0.05, 0) is 19.9 Å². The van der Waals surface area contributed by atoms with Crippen LogP contribution in [0.15, 0.2) is 18.2 Å². The Hall–Kier alpha value is -1.13. The molecule has 0 spiro atoms. The molecule has 1 aromatic rings. The SMILES string of the molecule is COC(C)(C)CCOc1ccc(CN)c(F)c1. The van der Waals surface area contributed by atoms with Crippen LogP contribution >= 0.6 is 0 Å². The van der Waals surface area contributed by atoms with Crippen LogP contribution in [0.4, 0.5) is 4.39 Å². The second-order valence-electron chi connectivity index (χ2n) is 4.52. The van der Waals surface area contributed by atoms with Gasteiger partial charge in [0.25, 0.3) is 0 Å². The molecule has 0 atom stereocenters. The summed E-state index contributed by atoms with van der Waals surface area (Å²) in [6.45, 7) is 4.65. The number of ether oxygens (including phenoxy) is 2. The third kappa shape index (κ3) is 4.32. The molecule has 0 amide bonds. The van der Waals surface area contributed by atoms with Crippen molar-refractivity contribution in [2.45, 2.75) is 32.4 Å². The number of benzene rings is 1. The summed E-state index contributed by atoms with van der Waals surface area (Å²) >= 11 is 0. The molecule has 0 bridgehead atoms. The molecular formula is C13H20FNO2. The minimum Gasteiger partial charge on any atom is -0.493 e. The number of hydrogen-bond acceptors (Lipinski definition) is 3. The fourth-order valence-corrected chi connectivity index (χ4v) is 1.30. The molecule has 0 aromatic heterocycles. The first kappa shape index (κ1) is 13.9. The van der Waals surface area contributed by atoms with Gasteiger partial charge in [-0.2, -0.15) is 0 Å². The summed E-state index contributed by atoms with van der Waals surface area (Å²) in [5.74, 6) is 0.197. The molecule has 96 valence electrons. The molecule has 0 heterocycles. The molecule has 0 aliphatic rings. The van der Waals surface area contributed by atoms with Crippen LogP contribution in [0.25, 0.3) is 0 Å². The van der Waals surface area contributed by atoms with Gasteiger partial charge in [-0.1, -0.05) is 6.07 Å². The maximum Gasteiger partial charge on any atom is 0.131 e. The first-order chi connectivity index (χ1) is 7.98. The van der Waals surface area contributed by atoms with E-state index in [2.05, 4.69) is 0 Å². The van der Waals surface area contributed by atoms with Gasteiger partial charge >= 0.3 is 0 Å². The number of rotatable bonds is 6. The zero-order chi connectivity index (χ0) is 12.9. The molecule has 0 saturated heterocycles. The highest BCUT2D eigenvalue weighted by Crippen LogP contribution is 2.18. The van der Waals surface area contributed by atoms with Crippen LogP contribution in [-0.4, -0.2) is 19.3 Å². The summed E-state index contributed by atoms with van der Waals surface area (Å²) in [5, 5.41) is 0. The van der Waals surface area contributed by atoms with Crippen molar-refractivity contribution < 1.29 is 13.9 Å². The van der Waals surface area contributed by atoms with Crippen LogP contribution in [0.5, 0.6) is 5.75 Å². The number of nitrogens with two attached hydrogens (primary N) is 1. The predicted molar refractivity (Wildman–Crippen MR) is 65.5 cm³/mol. The van der Waals surface area contributed by atoms with Crippen molar-refractivity contribution in [1.29, 1.82) is 0 Å². The van der Waals surface area contributed by atoms with E-state index < -0.39 is 0 Å². The van der Waals surface area contributed by atoms with Crippen molar-refractivity contribution in [3.63, 3.8) is 0 Å². The van der Waals surface area contributed by atoms with Crippen LogP contribution in [-0.2, 0) is 11.3 Å². The second-order valence-corrected chi connectivity index (χ2v) is 4.52. The zero-order valence-electron chi connectivity index (χ0n) is 10.6. The van der Waals surface area contributed by atoms with Gasteiger partial charge in [0.15, 0.2) is 0 Å². The molecule has 17 heavy (non-hydrogen) atoms. The van der Waals surface area contributed by atoms with E-state index in [0.29, 0.717) is 17.9 Å².